The molecule has 2 atom stereocenters. The highest BCUT2D eigenvalue weighted by Crippen LogP contribution is 2.49. The fourth-order valence-corrected chi connectivity index (χ4v) is 5.25. The monoisotopic (exact) mass is 349 g/mol. The average Bonchev–Trinajstić information content (AvgIpc) is 3.03. The molecule has 1 aliphatic heterocycles. The van der Waals surface area contributed by atoms with E-state index in [0.717, 1.165) is 35.8 Å². The molecular formula is C17H23N3OS2. The van der Waals surface area contributed by atoms with Crippen LogP contribution in [0.2, 0.25) is 0 Å². The Bertz CT molecular complexity index is 662. The van der Waals surface area contributed by atoms with E-state index in [-0.39, 0.29) is 0 Å². The second kappa shape index (κ2) is 6.49. The van der Waals surface area contributed by atoms with Gasteiger partial charge >= 0.3 is 0 Å². The molecule has 0 radical (unpaired) electrons. The van der Waals surface area contributed by atoms with Gasteiger partial charge in [-0.1, -0.05) is 11.3 Å². The minimum Gasteiger partial charge on any atom is -0.381 e. The first-order chi connectivity index (χ1) is 11.2. The summed E-state index contributed by atoms with van der Waals surface area (Å²) in [5.41, 5.74) is 0. The highest BCUT2D eigenvalue weighted by molar-refractivity contribution is 7.15. The van der Waals surface area contributed by atoms with Crippen molar-refractivity contribution in [2.75, 3.05) is 24.7 Å². The summed E-state index contributed by atoms with van der Waals surface area (Å²) in [6.45, 7) is 7.15. The van der Waals surface area contributed by atoms with Crippen molar-refractivity contribution in [2.45, 2.75) is 45.1 Å². The van der Waals surface area contributed by atoms with Crippen LogP contribution in [0.4, 0.5) is 5.13 Å². The van der Waals surface area contributed by atoms with Gasteiger partial charge < -0.3 is 9.64 Å². The fourth-order valence-electron chi connectivity index (χ4n) is 3.45. The van der Waals surface area contributed by atoms with E-state index in [1.807, 2.05) is 18.3 Å². The maximum absolute atomic E-state index is 5.52. The maximum Gasteiger partial charge on any atom is 0.208 e. The zero-order valence-corrected chi connectivity index (χ0v) is 15.3. The standard InChI is InChI=1S/C17H23N3OS2/c1-11-3-4-16(22-11)14-9-15(14)20(17-19-18-12(2)23-17)10-13-5-7-21-8-6-13/h3-4,13-15H,5-10H2,1-2H3/t14-,15-/m1/s1. The van der Waals surface area contributed by atoms with E-state index >= 15 is 0 Å². The number of hydrogen-bond acceptors (Lipinski definition) is 6. The number of anilines is 1. The zero-order chi connectivity index (χ0) is 15.8. The summed E-state index contributed by atoms with van der Waals surface area (Å²) < 4.78 is 5.52. The van der Waals surface area contributed by atoms with E-state index in [1.54, 1.807) is 11.3 Å². The molecule has 4 nitrogen and oxygen atoms in total. The Morgan fingerprint density at radius 3 is 2.65 bits per heavy atom. The zero-order valence-electron chi connectivity index (χ0n) is 13.7. The Labute approximate surface area is 145 Å². The molecule has 4 rings (SSSR count). The summed E-state index contributed by atoms with van der Waals surface area (Å²) in [6, 6.07) is 5.15. The lowest BCUT2D eigenvalue weighted by Gasteiger charge is -2.29. The molecule has 1 saturated carbocycles. The smallest absolute Gasteiger partial charge is 0.208 e. The van der Waals surface area contributed by atoms with Gasteiger partial charge in [-0.3, -0.25) is 0 Å². The molecule has 0 aromatic carbocycles. The van der Waals surface area contributed by atoms with Crippen molar-refractivity contribution in [3.63, 3.8) is 0 Å². The molecule has 1 aliphatic carbocycles. The van der Waals surface area contributed by atoms with Crippen LogP contribution in [0.3, 0.4) is 0 Å². The van der Waals surface area contributed by atoms with Gasteiger partial charge in [0.15, 0.2) is 0 Å². The quantitative estimate of drug-likeness (QED) is 0.817. The van der Waals surface area contributed by atoms with Gasteiger partial charge in [-0.15, -0.1) is 21.5 Å². The van der Waals surface area contributed by atoms with Crippen molar-refractivity contribution in [3.05, 3.63) is 26.9 Å². The Kier molecular flexibility index (Phi) is 4.39. The van der Waals surface area contributed by atoms with Crippen molar-refractivity contribution < 1.29 is 4.74 Å². The van der Waals surface area contributed by atoms with E-state index < -0.39 is 0 Å². The third kappa shape index (κ3) is 3.44. The molecule has 0 N–H and O–H groups in total. The molecule has 2 fully saturated rings. The van der Waals surface area contributed by atoms with Crippen LogP contribution in [0, 0.1) is 19.8 Å². The summed E-state index contributed by atoms with van der Waals surface area (Å²) in [5, 5.41) is 10.9. The molecule has 3 heterocycles. The molecule has 1 saturated heterocycles. The molecule has 124 valence electrons. The lowest BCUT2D eigenvalue weighted by Crippen LogP contribution is -2.34. The Balaban J connectivity index is 1.51. The molecule has 0 unspecified atom stereocenters. The van der Waals surface area contributed by atoms with Crippen molar-refractivity contribution in [1.29, 1.82) is 0 Å². The first kappa shape index (κ1) is 15.5. The fraction of sp³-hybridized carbons (Fsp3) is 0.647. The predicted molar refractivity (Wildman–Crippen MR) is 95.7 cm³/mol. The van der Waals surface area contributed by atoms with E-state index in [9.17, 15) is 0 Å². The van der Waals surface area contributed by atoms with Gasteiger partial charge in [-0.2, -0.15) is 0 Å². The van der Waals surface area contributed by atoms with Crippen molar-refractivity contribution >= 4 is 27.8 Å². The molecule has 2 aromatic heterocycles. The minimum absolute atomic E-state index is 0.600. The van der Waals surface area contributed by atoms with Crippen molar-refractivity contribution in [3.8, 4) is 0 Å². The van der Waals surface area contributed by atoms with Crippen LogP contribution in [-0.4, -0.2) is 36.0 Å². The molecule has 2 aliphatic rings. The molecule has 6 heteroatoms. The molecular weight excluding hydrogens is 326 g/mol. The van der Waals surface area contributed by atoms with E-state index in [4.69, 9.17) is 4.74 Å². The third-order valence-corrected chi connectivity index (χ3v) is 6.85. The van der Waals surface area contributed by atoms with E-state index in [0.29, 0.717) is 12.0 Å². The summed E-state index contributed by atoms with van der Waals surface area (Å²) in [6.07, 6.45) is 3.59. The topological polar surface area (TPSA) is 38.2 Å². The first-order valence-corrected chi connectivity index (χ1v) is 10.0. The highest BCUT2D eigenvalue weighted by Gasteiger charge is 2.45. The van der Waals surface area contributed by atoms with E-state index in [1.165, 1.54) is 29.0 Å². The number of nitrogens with zero attached hydrogens (tertiary/aromatic N) is 3. The van der Waals surface area contributed by atoms with Crippen molar-refractivity contribution in [1.82, 2.24) is 10.2 Å². The average molecular weight is 350 g/mol. The van der Waals surface area contributed by atoms with Gasteiger partial charge in [-0.05, 0) is 51.2 Å². The number of aromatic nitrogens is 2. The van der Waals surface area contributed by atoms with Gasteiger partial charge in [0, 0.05) is 41.5 Å². The van der Waals surface area contributed by atoms with Crippen LogP contribution < -0.4 is 4.90 Å². The van der Waals surface area contributed by atoms with Gasteiger partial charge in [-0.25, -0.2) is 0 Å². The molecule has 0 spiro atoms. The lowest BCUT2D eigenvalue weighted by atomic mass is 10.00. The van der Waals surface area contributed by atoms with Crippen LogP contribution in [0.25, 0.3) is 0 Å². The van der Waals surface area contributed by atoms with Gasteiger partial charge in [0.2, 0.25) is 5.13 Å². The largest absolute Gasteiger partial charge is 0.381 e. The second-order valence-corrected chi connectivity index (χ2v) is 9.15. The maximum atomic E-state index is 5.52. The highest BCUT2D eigenvalue weighted by atomic mass is 32.1. The summed E-state index contributed by atoms with van der Waals surface area (Å²) in [4.78, 5) is 5.49. The van der Waals surface area contributed by atoms with Crippen LogP contribution >= 0.6 is 22.7 Å². The Morgan fingerprint density at radius 2 is 2.00 bits per heavy atom. The van der Waals surface area contributed by atoms with Gasteiger partial charge in [0.25, 0.3) is 0 Å². The third-order valence-electron chi connectivity index (χ3n) is 4.84. The lowest BCUT2D eigenvalue weighted by molar-refractivity contribution is 0.0681. The van der Waals surface area contributed by atoms with Crippen LogP contribution in [-0.2, 0) is 4.74 Å². The SMILES string of the molecule is Cc1ccc([C@@H]2C[C@H]2N(CC2CCOCC2)c2nnc(C)s2)s1. The molecule has 0 bridgehead atoms. The Morgan fingerprint density at radius 1 is 1.17 bits per heavy atom. The molecule has 0 amide bonds. The summed E-state index contributed by atoms with van der Waals surface area (Å²) in [5.74, 6) is 1.40. The summed E-state index contributed by atoms with van der Waals surface area (Å²) in [7, 11) is 0. The minimum atomic E-state index is 0.600. The number of hydrogen-bond donors (Lipinski definition) is 0. The first-order valence-electron chi connectivity index (χ1n) is 8.41. The van der Waals surface area contributed by atoms with Gasteiger partial charge in [0.05, 0.1) is 0 Å². The van der Waals surface area contributed by atoms with E-state index in [2.05, 4.69) is 34.2 Å². The number of aryl methyl sites for hydroxylation is 2. The van der Waals surface area contributed by atoms with Gasteiger partial charge in [0.1, 0.15) is 5.01 Å². The normalized spacial score (nSPS) is 24.8. The van der Waals surface area contributed by atoms with Crippen LogP contribution in [0.15, 0.2) is 12.1 Å². The number of ether oxygens (including phenoxy) is 1. The predicted octanol–water partition coefficient (Wildman–Crippen LogP) is 4.01. The number of thiophene rings is 1. The Hall–Kier alpha value is -0.980. The van der Waals surface area contributed by atoms with Crippen LogP contribution in [0.1, 0.15) is 39.9 Å². The summed E-state index contributed by atoms with van der Waals surface area (Å²) >= 11 is 3.68. The molecule has 23 heavy (non-hydrogen) atoms. The molecule has 2 aromatic rings. The second-order valence-electron chi connectivity index (χ2n) is 6.67. The van der Waals surface area contributed by atoms with Crippen LogP contribution in [0.5, 0.6) is 0 Å². The van der Waals surface area contributed by atoms with Crippen molar-refractivity contribution in [2.24, 2.45) is 5.92 Å². The number of rotatable bonds is 5.